The second-order valence-corrected chi connectivity index (χ2v) is 6.13. The van der Waals surface area contributed by atoms with Crippen LogP contribution in [-0.4, -0.2) is 15.0 Å². The monoisotopic (exact) mass is 405 g/mol. The fourth-order valence-corrected chi connectivity index (χ4v) is 2.95. The average Bonchev–Trinajstić information content (AvgIpc) is 2.92. The molecule has 0 fully saturated rings. The van der Waals surface area contributed by atoms with Gasteiger partial charge in [-0.15, -0.1) is 0 Å². The number of pyridine rings is 1. The number of nitrogens with zero attached hydrogens (tertiary/aromatic N) is 1. The summed E-state index contributed by atoms with van der Waals surface area (Å²) in [7, 11) is 0. The number of halogens is 2. The molecule has 0 unspecified atom stereocenters. The summed E-state index contributed by atoms with van der Waals surface area (Å²) >= 11 is 1.93. The van der Waals surface area contributed by atoms with Gasteiger partial charge in [0.2, 0.25) is 0 Å². The van der Waals surface area contributed by atoms with Gasteiger partial charge in [0.25, 0.3) is 5.56 Å². The number of benzene rings is 2. The summed E-state index contributed by atoms with van der Waals surface area (Å²) in [5.41, 5.74) is 2.28. The van der Waals surface area contributed by atoms with Gasteiger partial charge in [-0.1, -0.05) is 12.1 Å². The lowest BCUT2D eigenvalue weighted by molar-refractivity contribution is 0.622. The molecular formula is C16H9FIN3O. The van der Waals surface area contributed by atoms with Gasteiger partial charge in [0.15, 0.2) is 0 Å². The Morgan fingerprint density at radius 3 is 2.68 bits per heavy atom. The smallest absolute Gasteiger partial charge is 0.259 e. The van der Waals surface area contributed by atoms with Crippen molar-refractivity contribution >= 4 is 44.5 Å². The average molecular weight is 405 g/mol. The number of rotatable bonds is 1. The summed E-state index contributed by atoms with van der Waals surface area (Å²) < 4.78 is 14.1. The van der Waals surface area contributed by atoms with Crippen LogP contribution in [0.1, 0.15) is 0 Å². The second-order valence-electron chi connectivity index (χ2n) is 4.97. The van der Waals surface area contributed by atoms with Gasteiger partial charge >= 0.3 is 0 Å². The fraction of sp³-hybridized carbons (Fsp3) is 0. The number of aromatic nitrogens is 3. The third-order valence-electron chi connectivity index (χ3n) is 3.53. The summed E-state index contributed by atoms with van der Waals surface area (Å²) in [6.45, 7) is 0. The van der Waals surface area contributed by atoms with Crippen LogP contribution >= 0.6 is 22.6 Å². The largest absolute Gasteiger partial charge is 0.338 e. The van der Waals surface area contributed by atoms with E-state index in [-0.39, 0.29) is 11.4 Å². The zero-order valence-corrected chi connectivity index (χ0v) is 13.3. The van der Waals surface area contributed by atoms with E-state index in [1.807, 2.05) is 46.9 Å². The Morgan fingerprint density at radius 1 is 1.05 bits per heavy atom. The van der Waals surface area contributed by atoms with Crippen molar-refractivity contribution < 1.29 is 4.39 Å². The first kappa shape index (κ1) is 13.4. The Kier molecular flexibility index (Phi) is 3.00. The Bertz CT molecular complexity index is 1050. The van der Waals surface area contributed by atoms with Gasteiger partial charge in [0.1, 0.15) is 11.6 Å². The summed E-state index contributed by atoms with van der Waals surface area (Å²) in [4.78, 5) is 22.6. The molecule has 2 aromatic heterocycles. The molecule has 2 heterocycles. The predicted molar refractivity (Wildman–Crippen MR) is 92.3 cm³/mol. The lowest BCUT2D eigenvalue weighted by atomic mass is 10.1. The standard InChI is InChI=1S/C16H9FIN3O/c17-10-7-14-8(6-11(10)18)5-9(16(22)21-14)15-19-12-3-1-2-4-13(12)20-15/h1-7H,(H,19,20)(H,21,22). The summed E-state index contributed by atoms with van der Waals surface area (Å²) in [5, 5.41) is 0.765. The van der Waals surface area contributed by atoms with E-state index in [0.717, 1.165) is 16.4 Å². The molecule has 108 valence electrons. The number of imidazole rings is 1. The highest BCUT2D eigenvalue weighted by molar-refractivity contribution is 14.1. The molecule has 0 atom stereocenters. The molecule has 22 heavy (non-hydrogen) atoms. The summed E-state index contributed by atoms with van der Waals surface area (Å²) in [5.74, 6) is 0.156. The van der Waals surface area contributed by atoms with Crippen molar-refractivity contribution in [2.45, 2.75) is 0 Å². The van der Waals surface area contributed by atoms with Gasteiger partial charge in [0, 0.05) is 8.96 Å². The minimum atomic E-state index is -0.347. The highest BCUT2D eigenvalue weighted by atomic mass is 127. The number of hydrogen-bond donors (Lipinski definition) is 2. The Hall–Kier alpha value is -2.22. The van der Waals surface area contributed by atoms with Crippen LogP contribution in [0.15, 0.2) is 47.3 Å². The summed E-state index contributed by atoms with van der Waals surface area (Å²) in [6.07, 6.45) is 0. The first-order valence-corrected chi connectivity index (χ1v) is 7.67. The lowest BCUT2D eigenvalue weighted by Gasteiger charge is -2.03. The van der Waals surface area contributed by atoms with Gasteiger partial charge in [-0.05, 0) is 52.9 Å². The van der Waals surface area contributed by atoms with Gasteiger partial charge in [-0.25, -0.2) is 9.37 Å². The van der Waals surface area contributed by atoms with Crippen LogP contribution in [0.2, 0.25) is 0 Å². The van der Waals surface area contributed by atoms with Crippen LogP contribution in [0.3, 0.4) is 0 Å². The van der Waals surface area contributed by atoms with Crippen LogP contribution in [0, 0.1) is 9.39 Å². The minimum Gasteiger partial charge on any atom is -0.338 e. The highest BCUT2D eigenvalue weighted by Gasteiger charge is 2.11. The van der Waals surface area contributed by atoms with Crippen molar-refractivity contribution in [2.75, 3.05) is 0 Å². The third kappa shape index (κ3) is 2.10. The van der Waals surface area contributed by atoms with Crippen LogP contribution in [0.25, 0.3) is 33.3 Å². The Morgan fingerprint density at radius 2 is 1.86 bits per heavy atom. The molecule has 0 spiro atoms. The van der Waals surface area contributed by atoms with Crippen molar-refractivity contribution in [1.82, 2.24) is 15.0 Å². The van der Waals surface area contributed by atoms with E-state index in [2.05, 4.69) is 15.0 Å². The SMILES string of the molecule is O=c1[nH]c2cc(F)c(I)cc2cc1-c1nc2ccccc2[nH]1. The quantitative estimate of drug-likeness (QED) is 0.473. The first-order valence-electron chi connectivity index (χ1n) is 6.59. The van der Waals surface area contributed by atoms with E-state index in [4.69, 9.17) is 0 Å². The highest BCUT2D eigenvalue weighted by Crippen LogP contribution is 2.23. The Labute approximate surface area is 137 Å². The van der Waals surface area contributed by atoms with Crippen LogP contribution in [0.5, 0.6) is 0 Å². The topological polar surface area (TPSA) is 61.5 Å². The molecule has 0 radical (unpaired) electrons. The number of hydrogen-bond acceptors (Lipinski definition) is 2. The maximum absolute atomic E-state index is 13.6. The molecule has 0 aliphatic rings. The van der Waals surface area contributed by atoms with E-state index in [0.29, 0.717) is 20.5 Å². The van der Waals surface area contributed by atoms with Crippen molar-refractivity contribution in [3.8, 4) is 11.4 Å². The van der Waals surface area contributed by atoms with E-state index >= 15 is 0 Å². The molecule has 2 aromatic carbocycles. The molecule has 0 bridgehead atoms. The van der Waals surface area contributed by atoms with Gasteiger partial charge in [-0.3, -0.25) is 4.79 Å². The summed E-state index contributed by atoms with van der Waals surface area (Å²) in [6, 6.07) is 12.3. The number of fused-ring (bicyclic) bond motifs is 2. The molecule has 0 amide bonds. The van der Waals surface area contributed by atoms with Gasteiger partial charge in [0.05, 0.1) is 22.1 Å². The van der Waals surface area contributed by atoms with Crippen molar-refractivity contribution in [3.05, 3.63) is 62.2 Å². The lowest BCUT2D eigenvalue weighted by Crippen LogP contribution is -2.09. The van der Waals surface area contributed by atoms with E-state index in [9.17, 15) is 9.18 Å². The molecular weight excluding hydrogens is 396 g/mol. The zero-order chi connectivity index (χ0) is 15.3. The van der Waals surface area contributed by atoms with Crippen LogP contribution < -0.4 is 5.56 Å². The molecule has 4 nitrogen and oxygen atoms in total. The molecule has 6 heteroatoms. The van der Waals surface area contributed by atoms with Crippen LogP contribution in [0.4, 0.5) is 4.39 Å². The third-order valence-corrected chi connectivity index (χ3v) is 4.36. The Balaban J connectivity index is 1.99. The number of aromatic amines is 2. The second kappa shape index (κ2) is 4.91. The zero-order valence-electron chi connectivity index (χ0n) is 11.2. The van der Waals surface area contributed by atoms with E-state index in [1.54, 1.807) is 12.1 Å². The maximum Gasteiger partial charge on any atom is 0.259 e. The molecule has 0 saturated heterocycles. The molecule has 2 N–H and O–H groups in total. The van der Waals surface area contributed by atoms with E-state index < -0.39 is 0 Å². The number of para-hydroxylation sites is 2. The molecule has 4 rings (SSSR count). The molecule has 4 aromatic rings. The fourth-order valence-electron chi connectivity index (χ4n) is 2.46. The van der Waals surface area contributed by atoms with Crippen molar-refractivity contribution in [2.24, 2.45) is 0 Å². The molecule has 0 aliphatic carbocycles. The predicted octanol–water partition coefficient (Wildman–Crippen LogP) is 3.82. The van der Waals surface area contributed by atoms with Gasteiger partial charge < -0.3 is 9.97 Å². The first-order chi connectivity index (χ1) is 10.6. The molecule has 0 saturated carbocycles. The van der Waals surface area contributed by atoms with Crippen molar-refractivity contribution in [1.29, 1.82) is 0 Å². The van der Waals surface area contributed by atoms with Crippen LogP contribution in [-0.2, 0) is 0 Å². The molecule has 0 aliphatic heterocycles. The number of nitrogens with one attached hydrogen (secondary N) is 2. The van der Waals surface area contributed by atoms with Crippen molar-refractivity contribution in [3.63, 3.8) is 0 Å². The maximum atomic E-state index is 13.6. The van der Waals surface area contributed by atoms with E-state index in [1.165, 1.54) is 6.07 Å². The minimum absolute atomic E-state index is 0.299. The normalized spacial score (nSPS) is 11.4. The number of H-pyrrole nitrogens is 2. The van der Waals surface area contributed by atoms with Gasteiger partial charge in [-0.2, -0.15) is 0 Å².